The van der Waals surface area contributed by atoms with Gasteiger partial charge in [0.05, 0.1) is 13.0 Å². The van der Waals surface area contributed by atoms with Crippen LogP contribution in [-0.4, -0.2) is 23.4 Å². The topological polar surface area (TPSA) is 46.5 Å². The Morgan fingerprint density at radius 3 is 2.72 bits per heavy atom. The second-order valence-corrected chi connectivity index (χ2v) is 5.80. The lowest BCUT2D eigenvalue weighted by atomic mass is 10.1. The number of ether oxygens (including phenoxy) is 1. The molecule has 1 aliphatic rings. The molecule has 4 heteroatoms. The fourth-order valence-corrected chi connectivity index (χ4v) is 3.75. The third-order valence-electron chi connectivity index (χ3n) is 3.39. The van der Waals surface area contributed by atoms with E-state index < -0.39 is 5.97 Å². The standard InChI is InChI=1S/C14H18O3S/c1-17-11-7-5-10(6-8-11)9-18-13-4-2-3-12(13)14(15)16/h5-8,12-13H,2-4,9H2,1H3,(H,15,16)/t12-,13+/m0/s1. The van der Waals surface area contributed by atoms with Crippen molar-refractivity contribution in [3.05, 3.63) is 29.8 Å². The van der Waals surface area contributed by atoms with Crippen LogP contribution in [-0.2, 0) is 10.5 Å². The minimum absolute atomic E-state index is 0.159. The van der Waals surface area contributed by atoms with Crippen LogP contribution in [0.1, 0.15) is 24.8 Å². The number of carbonyl (C=O) groups is 1. The monoisotopic (exact) mass is 266 g/mol. The van der Waals surface area contributed by atoms with E-state index in [9.17, 15) is 4.79 Å². The van der Waals surface area contributed by atoms with Crippen LogP contribution in [0.4, 0.5) is 0 Å². The van der Waals surface area contributed by atoms with Gasteiger partial charge in [-0.2, -0.15) is 11.8 Å². The van der Waals surface area contributed by atoms with Crippen molar-refractivity contribution in [1.29, 1.82) is 0 Å². The highest BCUT2D eigenvalue weighted by Gasteiger charge is 2.32. The van der Waals surface area contributed by atoms with E-state index in [-0.39, 0.29) is 11.2 Å². The Hall–Kier alpha value is -1.16. The van der Waals surface area contributed by atoms with Gasteiger partial charge in [-0.15, -0.1) is 0 Å². The van der Waals surface area contributed by atoms with Gasteiger partial charge in [-0.25, -0.2) is 0 Å². The Kier molecular flexibility index (Phi) is 4.53. The number of hydrogen-bond acceptors (Lipinski definition) is 3. The number of rotatable bonds is 5. The molecule has 0 aliphatic heterocycles. The molecule has 2 rings (SSSR count). The normalized spacial score (nSPS) is 22.9. The summed E-state index contributed by atoms with van der Waals surface area (Å²) >= 11 is 1.77. The fraction of sp³-hybridized carbons (Fsp3) is 0.500. The molecule has 3 nitrogen and oxygen atoms in total. The predicted octanol–water partition coefficient (Wildman–Crippen LogP) is 3.18. The van der Waals surface area contributed by atoms with Gasteiger partial charge in [0.15, 0.2) is 0 Å². The maximum absolute atomic E-state index is 11.1. The average Bonchev–Trinajstić information content (AvgIpc) is 2.85. The summed E-state index contributed by atoms with van der Waals surface area (Å²) in [5.74, 6) is 0.930. The van der Waals surface area contributed by atoms with Gasteiger partial charge in [-0.3, -0.25) is 4.79 Å². The minimum Gasteiger partial charge on any atom is -0.497 e. The summed E-state index contributed by atoms with van der Waals surface area (Å²) in [5.41, 5.74) is 1.22. The van der Waals surface area contributed by atoms with Crippen molar-refractivity contribution in [1.82, 2.24) is 0 Å². The lowest BCUT2D eigenvalue weighted by Gasteiger charge is -2.15. The largest absolute Gasteiger partial charge is 0.497 e. The number of aliphatic carboxylic acids is 1. The first-order valence-corrected chi connectivity index (χ1v) is 7.23. The summed E-state index contributed by atoms with van der Waals surface area (Å²) in [5, 5.41) is 9.39. The van der Waals surface area contributed by atoms with Crippen LogP contribution in [0.2, 0.25) is 0 Å². The molecule has 1 aromatic rings. The molecule has 0 saturated heterocycles. The third kappa shape index (κ3) is 3.19. The quantitative estimate of drug-likeness (QED) is 0.889. The molecule has 0 aromatic heterocycles. The smallest absolute Gasteiger partial charge is 0.307 e. The van der Waals surface area contributed by atoms with Crippen molar-refractivity contribution < 1.29 is 14.6 Å². The number of hydrogen-bond donors (Lipinski definition) is 1. The molecule has 0 heterocycles. The summed E-state index contributed by atoms with van der Waals surface area (Å²) in [4.78, 5) is 11.1. The highest BCUT2D eigenvalue weighted by atomic mass is 32.2. The first kappa shape index (κ1) is 13.3. The maximum Gasteiger partial charge on any atom is 0.307 e. The van der Waals surface area contributed by atoms with Gasteiger partial charge < -0.3 is 9.84 Å². The summed E-state index contributed by atoms with van der Waals surface area (Å²) in [7, 11) is 1.65. The van der Waals surface area contributed by atoms with Gasteiger partial charge in [0, 0.05) is 11.0 Å². The van der Waals surface area contributed by atoms with Crippen molar-refractivity contribution in [3.8, 4) is 5.75 Å². The number of carboxylic acids is 1. The molecule has 1 saturated carbocycles. The molecule has 1 N–H and O–H groups in total. The molecule has 2 atom stereocenters. The van der Waals surface area contributed by atoms with E-state index in [4.69, 9.17) is 9.84 Å². The molecular weight excluding hydrogens is 248 g/mol. The zero-order valence-corrected chi connectivity index (χ0v) is 11.3. The Morgan fingerprint density at radius 2 is 2.11 bits per heavy atom. The maximum atomic E-state index is 11.1. The number of thioether (sulfide) groups is 1. The molecule has 1 fully saturated rings. The van der Waals surface area contributed by atoms with Gasteiger partial charge >= 0.3 is 5.97 Å². The second-order valence-electron chi connectivity index (χ2n) is 4.57. The van der Waals surface area contributed by atoms with Gasteiger partial charge in [-0.1, -0.05) is 18.6 Å². The van der Waals surface area contributed by atoms with Crippen LogP contribution < -0.4 is 4.74 Å². The second kappa shape index (κ2) is 6.14. The highest BCUT2D eigenvalue weighted by Crippen LogP contribution is 2.36. The third-order valence-corrected chi connectivity index (χ3v) is 4.89. The molecular formula is C14H18O3S. The Morgan fingerprint density at radius 1 is 1.39 bits per heavy atom. The lowest BCUT2D eigenvalue weighted by Crippen LogP contribution is -2.20. The molecule has 18 heavy (non-hydrogen) atoms. The fourth-order valence-electron chi connectivity index (χ4n) is 2.33. The van der Waals surface area contributed by atoms with E-state index in [2.05, 4.69) is 0 Å². The molecule has 0 bridgehead atoms. The minimum atomic E-state index is -0.639. The Bertz CT molecular complexity index is 402. The van der Waals surface area contributed by atoms with E-state index in [1.54, 1.807) is 18.9 Å². The lowest BCUT2D eigenvalue weighted by molar-refractivity contribution is -0.141. The summed E-state index contributed by atoms with van der Waals surface area (Å²) in [6.45, 7) is 0. The van der Waals surface area contributed by atoms with Gasteiger partial charge in [0.2, 0.25) is 0 Å². The van der Waals surface area contributed by atoms with Crippen LogP contribution >= 0.6 is 11.8 Å². The predicted molar refractivity (Wildman–Crippen MR) is 73.1 cm³/mol. The molecule has 1 aliphatic carbocycles. The first-order valence-electron chi connectivity index (χ1n) is 6.18. The van der Waals surface area contributed by atoms with Crippen molar-refractivity contribution in [2.75, 3.05) is 7.11 Å². The van der Waals surface area contributed by atoms with Crippen LogP contribution in [0.25, 0.3) is 0 Å². The van der Waals surface area contributed by atoms with Crippen LogP contribution in [0, 0.1) is 5.92 Å². The molecule has 0 spiro atoms. The van der Waals surface area contributed by atoms with Crippen molar-refractivity contribution in [2.24, 2.45) is 5.92 Å². The molecule has 1 aromatic carbocycles. The van der Waals surface area contributed by atoms with E-state index in [1.807, 2.05) is 24.3 Å². The molecule has 98 valence electrons. The summed E-state index contributed by atoms with van der Waals surface area (Å²) in [6, 6.07) is 7.96. The van der Waals surface area contributed by atoms with Crippen molar-refractivity contribution in [3.63, 3.8) is 0 Å². The number of methoxy groups -OCH3 is 1. The van der Waals surface area contributed by atoms with E-state index in [0.717, 1.165) is 30.8 Å². The van der Waals surface area contributed by atoms with Gasteiger partial charge in [0.25, 0.3) is 0 Å². The van der Waals surface area contributed by atoms with Gasteiger partial charge in [-0.05, 0) is 30.5 Å². The van der Waals surface area contributed by atoms with Crippen LogP contribution in [0.3, 0.4) is 0 Å². The Labute approximate surface area is 112 Å². The molecule has 0 amide bonds. The van der Waals surface area contributed by atoms with E-state index >= 15 is 0 Å². The molecule has 0 unspecified atom stereocenters. The summed E-state index contributed by atoms with van der Waals surface area (Å²) in [6.07, 6.45) is 2.89. The van der Waals surface area contributed by atoms with Crippen molar-refractivity contribution >= 4 is 17.7 Å². The van der Waals surface area contributed by atoms with E-state index in [1.165, 1.54) is 5.56 Å². The number of benzene rings is 1. The van der Waals surface area contributed by atoms with Crippen molar-refractivity contribution in [2.45, 2.75) is 30.3 Å². The zero-order valence-electron chi connectivity index (χ0n) is 10.5. The average molecular weight is 266 g/mol. The van der Waals surface area contributed by atoms with Crippen LogP contribution in [0.15, 0.2) is 24.3 Å². The van der Waals surface area contributed by atoms with E-state index in [0.29, 0.717) is 0 Å². The van der Waals surface area contributed by atoms with Gasteiger partial charge in [0.1, 0.15) is 5.75 Å². The first-order chi connectivity index (χ1) is 8.70. The van der Waals surface area contributed by atoms with Crippen LogP contribution in [0.5, 0.6) is 5.75 Å². The number of carboxylic acid groups (broad SMARTS) is 1. The molecule has 0 radical (unpaired) electrons. The summed E-state index contributed by atoms with van der Waals surface area (Å²) < 4.78 is 5.11. The highest BCUT2D eigenvalue weighted by molar-refractivity contribution is 7.99. The zero-order chi connectivity index (χ0) is 13.0. The SMILES string of the molecule is COc1ccc(CS[C@@H]2CCC[C@@H]2C(=O)O)cc1. The Balaban J connectivity index is 1.88.